The molecule has 2 aromatic heterocycles. The Morgan fingerprint density at radius 2 is 1.20 bits per heavy atom. The van der Waals surface area contributed by atoms with Crippen LogP contribution < -0.4 is 33.2 Å². The van der Waals surface area contributed by atoms with E-state index in [1.807, 2.05) is 48.5 Å². The van der Waals surface area contributed by atoms with Crippen LogP contribution in [0.15, 0.2) is 65.9 Å². The van der Waals surface area contributed by atoms with E-state index in [0.29, 0.717) is 12.0 Å². The van der Waals surface area contributed by atoms with Gasteiger partial charge in [-0.05, 0) is 42.5 Å². The minimum absolute atomic E-state index is 0.0279. The quantitative estimate of drug-likeness (QED) is 0.0389. The molecule has 0 saturated carbocycles. The van der Waals surface area contributed by atoms with Crippen molar-refractivity contribution in [3.05, 3.63) is 72.1 Å². The topological polar surface area (TPSA) is 284 Å². The average Bonchev–Trinajstić information content (AvgIpc) is 3.67. The predicted octanol–water partition coefficient (Wildman–Crippen LogP) is 0.219. The highest BCUT2D eigenvalue weighted by Crippen LogP contribution is 2.21. The number of nitrogens with two attached hydrogens (primary N) is 3. The Hall–Kier alpha value is -5.90. The molecule has 0 aliphatic rings. The Balaban J connectivity index is 1.61. The molecule has 0 aliphatic carbocycles. The minimum Gasteiger partial charge on any atom is -0.481 e. The van der Waals surface area contributed by atoms with Crippen LogP contribution in [0.3, 0.4) is 0 Å². The zero-order chi connectivity index (χ0) is 35.5. The molecular formula is C33H41N9O7. The predicted molar refractivity (Wildman–Crippen MR) is 182 cm³/mol. The number of benzene rings is 2. The number of carboxylic acids is 2. The van der Waals surface area contributed by atoms with Crippen molar-refractivity contribution in [2.45, 2.75) is 62.7 Å². The van der Waals surface area contributed by atoms with Gasteiger partial charge in [0.05, 0.1) is 6.04 Å². The molecule has 16 nitrogen and oxygen atoms in total. The molecule has 0 fully saturated rings. The number of carbonyl (C=O) groups excluding carboxylic acids is 3. The van der Waals surface area contributed by atoms with Gasteiger partial charge in [0.2, 0.25) is 17.7 Å². The summed E-state index contributed by atoms with van der Waals surface area (Å²) in [6.07, 6.45) is 3.15. The van der Waals surface area contributed by atoms with Gasteiger partial charge in [0.25, 0.3) is 0 Å². The van der Waals surface area contributed by atoms with Crippen LogP contribution in [0.25, 0.3) is 21.8 Å². The van der Waals surface area contributed by atoms with Crippen LogP contribution in [0, 0.1) is 0 Å². The number of nitrogens with one attached hydrogen (secondary N) is 5. The molecule has 4 unspecified atom stereocenters. The summed E-state index contributed by atoms with van der Waals surface area (Å²) < 4.78 is 0. The van der Waals surface area contributed by atoms with Crippen LogP contribution in [0.4, 0.5) is 0 Å². The molecule has 0 bridgehead atoms. The Labute approximate surface area is 280 Å². The molecule has 16 heteroatoms. The number of hydrogen-bond acceptors (Lipinski definition) is 7. The number of amides is 3. The molecule has 4 aromatic rings. The lowest BCUT2D eigenvalue weighted by Gasteiger charge is -2.25. The van der Waals surface area contributed by atoms with E-state index in [-0.39, 0.29) is 38.2 Å². The molecule has 0 aliphatic heterocycles. The number of H-pyrrole nitrogens is 2. The first-order valence-corrected chi connectivity index (χ1v) is 15.7. The normalized spacial score (nSPS) is 13.6. The fraction of sp³-hybridized carbons (Fsp3) is 0.333. The summed E-state index contributed by atoms with van der Waals surface area (Å²) >= 11 is 0. The van der Waals surface area contributed by atoms with Crippen LogP contribution in [-0.4, -0.2) is 86.5 Å². The van der Waals surface area contributed by atoms with Gasteiger partial charge in [-0.1, -0.05) is 36.4 Å². The summed E-state index contributed by atoms with van der Waals surface area (Å²) in [5.74, 6) is -4.91. The monoisotopic (exact) mass is 675 g/mol. The van der Waals surface area contributed by atoms with Crippen LogP contribution in [-0.2, 0) is 36.8 Å². The van der Waals surface area contributed by atoms with Gasteiger partial charge in [-0.2, -0.15) is 0 Å². The van der Waals surface area contributed by atoms with E-state index in [4.69, 9.17) is 22.3 Å². The fourth-order valence-corrected chi connectivity index (χ4v) is 5.46. The number of aliphatic carboxylic acids is 2. The maximum Gasteiger partial charge on any atom is 0.326 e. The summed E-state index contributed by atoms with van der Waals surface area (Å²) in [7, 11) is 0. The van der Waals surface area contributed by atoms with E-state index in [9.17, 15) is 29.1 Å². The van der Waals surface area contributed by atoms with Gasteiger partial charge in [-0.3, -0.25) is 24.2 Å². The Bertz CT molecular complexity index is 1830. The van der Waals surface area contributed by atoms with Crippen LogP contribution in [0.5, 0.6) is 0 Å². The number of aromatic nitrogens is 2. The number of fused-ring (bicyclic) bond motifs is 2. The molecule has 2 aromatic carbocycles. The third-order valence-electron chi connectivity index (χ3n) is 8.03. The van der Waals surface area contributed by atoms with Gasteiger partial charge in [0.15, 0.2) is 5.96 Å². The van der Waals surface area contributed by atoms with Crippen molar-refractivity contribution < 1.29 is 34.2 Å². The van der Waals surface area contributed by atoms with Gasteiger partial charge in [-0.15, -0.1) is 0 Å². The Morgan fingerprint density at radius 1 is 0.714 bits per heavy atom. The highest BCUT2D eigenvalue weighted by Gasteiger charge is 2.32. The minimum atomic E-state index is -1.52. The van der Waals surface area contributed by atoms with Crippen molar-refractivity contribution in [2.24, 2.45) is 22.2 Å². The molecule has 0 spiro atoms. The van der Waals surface area contributed by atoms with Gasteiger partial charge in [0.1, 0.15) is 18.1 Å². The second-order valence-corrected chi connectivity index (χ2v) is 11.6. The van der Waals surface area contributed by atoms with Crippen LogP contribution in [0.2, 0.25) is 0 Å². The maximum absolute atomic E-state index is 14.0. The number of rotatable bonds is 18. The number of hydrogen-bond donors (Lipinski definition) is 10. The highest BCUT2D eigenvalue weighted by atomic mass is 16.4. The third-order valence-corrected chi connectivity index (χ3v) is 8.03. The van der Waals surface area contributed by atoms with Crippen molar-refractivity contribution in [2.75, 3.05) is 6.54 Å². The van der Waals surface area contributed by atoms with Crippen molar-refractivity contribution >= 4 is 57.4 Å². The SMILES string of the molecule is NC(N)=NCCCC(N)C(=O)NC(Cc1c[nH]c2ccccc12)C(=O)NC(Cc1c[nH]c2ccccc12)C(=O)NC(CCC(=O)O)C(=O)O. The smallest absolute Gasteiger partial charge is 0.326 e. The molecule has 260 valence electrons. The largest absolute Gasteiger partial charge is 0.481 e. The third kappa shape index (κ3) is 10.0. The molecule has 49 heavy (non-hydrogen) atoms. The molecule has 0 saturated heterocycles. The Kier molecular flexibility index (Phi) is 12.3. The number of nitrogens with zero attached hydrogens (tertiary/aromatic N) is 1. The first-order valence-electron chi connectivity index (χ1n) is 15.7. The van der Waals surface area contributed by atoms with Gasteiger partial charge >= 0.3 is 11.9 Å². The van der Waals surface area contributed by atoms with Gasteiger partial charge in [-0.25, -0.2) is 4.79 Å². The molecule has 4 rings (SSSR count). The molecule has 2 heterocycles. The summed E-state index contributed by atoms with van der Waals surface area (Å²) in [4.78, 5) is 74.1. The van der Waals surface area contributed by atoms with Crippen molar-refractivity contribution in [3.8, 4) is 0 Å². The van der Waals surface area contributed by atoms with Crippen molar-refractivity contribution in [1.82, 2.24) is 25.9 Å². The van der Waals surface area contributed by atoms with E-state index in [0.717, 1.165) is 27.4 Å². The Morgan fingerprint density at radius 3 is 1.69 bits per heavy atom. The number of carboxylic acid groups (broad SMARTS) is 2. The summed E-state index contributed by atoms with van der Waals surface area (Å²) in [6.45, 7) is 0.261. The van der Waals surface area contributed by atoms with E-state index >= 15 is 0 Å². The standard InChI is InChI=1S/C33H41N9O7/c34-22(8-5-13-37-33(35)36)29(45)41-26(14-18-16-38-23-9-3-1-6-20(18)23)31(47)42-27(15-19-17-39-24-10-4-2-7-21(19)24)30(46)40-25(32(48)49)11-12-28(43)44/h1-4,6-7,9-10,16-17,22,25-27,38-39H,5,8,11-15,34H2,(H,40,46)(H,41,45)(H,42,47)(H,43,44)(H,48,49)(H4,35,36,37). The second kappa shape index (κ2) is 16.8. The lowest BCUT2D eigenvalue weighted by atomic mass is 10.0. The van der Waals surface area contributed by atoms with Gasteiger partial charge in [0, 0.05) is 60.0 Å². The van der Waals surface area contributed by atoms with Crippen LogP contribution >= 0.6 is 0 Å². The molecule has 13 N–H and O–H groups in total. The van der Waals surface area contributed by atoms with E-state index < -0.39 is 60.2 Å². The number of guanidine groups is 1. The average molecular weight is 676 g/mol. The van der Waals surface area contributed by atoms with Gasteiger partial charge < -0.3 is 53.3 Å². The van der Waals surface area contributed by atoms with E-state index in [1.165, 1.54) is 0 Å². The number of aromatic amines is 2. The highest BCUT2D eigenvalue weighted by molar-refractivity contribution is 5.95. The lowest BCUT2D eigenvalue weighted by molar-refractivity contribution is -0.143. The molecule has 3 amide bonds. The maximum atomic E-state index is 14.0. The summed E-state index contributed by atoms with van der Waals surface area (Å²) in [5.41, 5.74) is 19.8. The zero-order valence-electron chi connectivity index (χ0n) is 26.6. The number of aliphatic imine (C=N–C) groups is 1. The van der Waals surface area contributed by atoms with Crippen molar-refractivity contribution in [1.29, 1.82) is 0 Å². The second-order valence-electron chi connectivity index (χ2n) is 11.6. The first-order chi connectivity index (χ1) is 23.4. The molecule has 0 radical (unpaired) electrons. The molecular weight excluding hydrogens is 634 g/mol. The van der Waals surface area contributed by atoms with Crippen molar-refractivity contribution in [3.63, 3.8) is 0 Å². The zero-order valence-corrected chi connectivity index (χ0v) is 26.6. The fourth-order valence-electron chi connectivity index (χ4n) is 5.46. The summed E-state index contributed by atoms with van der Waals surface area (Å²) in [6, 6.07) is 9.71. The van der Waals surface area contributed by atoms with Crippen LogP contribution in [0.1, 0.15) is 36.8 Å². The molecule has 4 atom stereocenters. The van der Waals surface area contributed by atoms with E-state index in [1.54, 1.807) is 12.4 Å². The number of para-hydroxylation sites is 2. The number of carbonyl (C=O) groups is 5. The lowest BCUT2D eigenvalue weighted by Crippen LogP contribution is -2.58. The van der Waals surface area contributed by atoms with E-state index in [2.05, 4.69) is 30.9 Å². The summed E-state index contributed by atoms with van der Waals surface area (Å²) in [5, 5.41) is 28.2. The first kappa shape index (κ1) is 35.9.